The van der Waals surface area contributed by atoms with Gasteiger partial charge in [0, 0.05) is 33.4 Å². The van der Waals surface area contributed by atoms with Gasteiger partial charge in [-0.2, -0.15) is 0 Å². The fourth-order valence-corrected chi connectivity index (χ4v) is 2.77. The predicted octanol–water partition coefficient (Wildman–Crippen LogP) is -1.56. The largest absolute Gasteiger partial charge is 0.501 e. The summed E-state index contributed by atoms with van der Waals surface area (Å²) in [5, 5.41) is 0. The lowest BCUT2D eigenvalue weighted by molar-refractivity contribution is 0.120. The maximum atomic E-state index is 5.67. The van der Waals surface area contributed by atoms with Crippen LogP contribution in [0.25, 0.3) is 0 Å². The minimum atomic E-state index is -2.63. The maximum Gasteiger partial charge on any atom is 0.501 e. The Balaban J connectivity index is 4.24. The van der Waals surface area contributed by atoms with E-state index in [-0.39, 0.29) is 6.04 Å². The molecule has 0 saturated heterocycles. The molecule has 0 aromatic carbocycles. The Morgan fingerprint density at radius 1 is 1.00 bits per heavy atom. The van der Waals surface area contributed by atoms with E-state index < -0.39 is 15.0 Å². The maximum absolute atomic E-state index is 5.67. The normalized spacial score (nSPS) is 15.0. The van der Waals surface area contributed by atoms with Crippen LogP contribution in [-0.4, -0.2) is 42.3 Å². The molecule has 1 unspecified atom stereocenters. The molecular weight excluding hydrogens is 190 g/mol. The van der Waals surface area contributed by atoms with Crippen LogP contribution in [-0.2, 0) is 13.3 Å². The van der Waals surface area contributed by atoms with Crippen molar-refractivity contribution in [3.8, 4) is 0 Å². The summed E-state index contributed by atoms with van der Waals surface area (Å²) >= 11 is 0. The van der Waals surface area contributed by atoms with Crippen molar-refractivity contribution < 1.29 is 13.3 Å². The van der Waals surface area contributed by atoms with Crippen molar-refractivity contribution in [2.75, 3.05) is 21.3 Å². The van der Waals surface area contributed by atoms with Crippen molar-refractivity contribution in [1.29, 1.82) is 0 Å². The summed E-state index contributed by atoms with van der Waals surface area (Å²) in [5.74, 6) is 0. The molecule has 6 nitrogen and oxygen atoms in total. The molecule has 0 spiro atoms. The van der Waals surface area contributed by atoms with E-state index in [4.69, 9.17) is 30.5 Å². The average molecular weight is 209 g/mol. The van der Waals surface area contributed by atoms with Crippen LogP contribution in [0.15, 0.2) is 0 Å². The molecule has 0 aromatic rings. The van der Waals surface area contributed by atoms with E-state index in [1.54, 1.807) is 0 Å². The first-order valence-corrected chi connectivity index (χ1v) is 5.86. The van der Waals surface area contributed by atoms with Gasteiger partial charge >= 0.3 is 8.80 Å². The summed E-state index contributed by atoms with van der Waals surface area (Å²) in [6.07, 6.45) is -0.590. The van der Waals surface area contributed by atoms with E-state index in [2.05, 4.69) is 0 Å². The molecule has 0 aliphatic carbocycles. The number of nitrogens with two attached hydrogens (primary N) is 3. The molecule has 0 aliphatic heterocycles. The van der Waals surface area contributed by atoms with E-state index in [0.29, 0.717) is 6.04 Å². The van der Waals surface area contributed by atoms with Crippen LogP contribution in [0, 0.1) is 0 Å². The van der Waals surface area contributed by atoms with Crippen molar-refractivity contribution in [2.24, 2.45) is 17.2 Å². The molecule has 0 bridgehead atoms. The van der Waals surface area contributed by atoms with Crippen LogP contribution in [0.2, 0.25) is 6.04 Å². The Morgan fingerprint density at radius 3 is 1.62 bits per heavy atom. The first kappa shape index (κ1) is 13.0. The summed E-state index contributed by atoms with van der Waals surface area (Å²) < 4.78 is 15.5. The SMILES string of the molecule is CO[Si](CC(N)C(N)N)(OC)OC. The molecule has 6 N–H and O–H groups in total. The fourth-order valence-electron chi connectivity index (χ4n) is 0.925. The molecule has 0 saturated carbocycles. The molecule has 1 atom stereocenters. The fraction of sp³-hybridized carbons (Fsp3) is 1.00. The highest BCUT2D eigenvalue weighted by Gasteiger charge is 2.40. The average Bonchev–Trinajstić information content (AvgIpc) is 2.14. The van der Waals surface area contributed by atoms with Gasteiger partial charge in [0.15, 0.2) is 0 Å². The van der Waals surface area contributed by atoms with E-state index >= 15 is 0 Å². The zero-order chi connectivity index (χ0) is 10.5. The van der Waals surface area contributed by atoms with Gasteiger partial charge in [-0.05, 0) is 0 Å². The standard InChI is InChI=1S/C6H19N3O3Si/c1-10-13(11-2,12-3)4-5(7)6(8)9/h5-6H,4,7-9H2,1-3H3. The lowest BCUT2D eigenvalue weighted by Gasteiger charge is -2.28. The lowest BCUT2D eigenvalue weighted by Crippen LogP contribution is -2.55. The third kappa shape index (κ3) is 3.69. The highest BCUT2D eigenvalue weighted by molar-refractivity contribution is 6.60. The Bertz CT molecular complexity index is 135. The monoisotopic (exact) mass is 209 g/mol. The molecule has 0 aromatic heterocycles. The molecular formula is C6H19N3O3Si. The zero-order valence-corrected chi connectivity index (χ0v) is 9.32. The highest BCUT2D eigenvalue weighted by Crippen LogP contribution is 2.14. The van der Waals surface area contributed by atoms with Gasteiger partial charge < -0.3 is 30.5 Å². The molecule has 13 heavy (non-hydrogen) atoms. The van der Waals surface area contributed by atoms with E-state index in [1.165, 1.54) is 21.3 Å². The summed E-state index contributed by atoms with van der Waals surface area (Å²) in [7, 11) is 1.94. The van der Waals surface area contributed by atoms with E-state index in [0.717, 1.165) is 0 Å². The summed E-state index contributed by atoms with van der Waals surface area (Å²) in [5.41, 5.74) is 16.5. The number of hydrogen-bond donors (Lipinski definition) is 3. The van der Waals surface area contributed by atoms with Gasteiger partial charge in [-0.25, -0.2) is 0 Å². The molecule has 0 fully saturated rings. The van der Waals surface area contributed by atoms with Crippen LogP contribution in [0.5, 0.6) is 0 Å². The van der Waals surface area contributed by atoms with Crippen LogP contribution in [0.1, 0.15) is 0 Å². The molecule has 7 heteroatoms. The number of rotatable bonds is 6. The zero-order valence-electron chi connectivity index (χ0n) is 8.32. The van der Waals surface area contributed by atoms with Gasteiger partial charge in [0.25, 0.3) is 0 Å². The smallest absolute Gasteiger partial charge is 0.377 e. The van der Waals surface area contributed by atoms with Crippen LogP contribution < -0.4 is 17.2 Å². The predicted molar refractivity (Wildman–Crippen MR) is 51.7 cm³/mol. The van der Waals surface area contributed by atoms with Crippen LogP contribution >= 0.6 is 0 Å². The van der Waals surface area contributed by atoms with Gasteiger partial charge in [0.2, 0.25) is 0 Å². The minimum absolute atomic E-state index is 0.383. The van der Waals surface area contributed by atoms with Crippen molar-refractivity contribution in [1.82, 2.24) is 0 Å². The summed E-state index contributed by atoms with van der Waals surface area (Å²) in [6.45, 7) is 0. The minimum Gasteiger partial charge on any atom is -0.377 e. The topological polar surface area (TPSA) is 106 Å². The van der Waals surface area contributed by atoms with E-state index in [9.17, 15) is 0 Å². The Kier molecular flexibility index (Phi) is 5.64. The third-order valence-electron chi connectivity index (χ3n) is 1.91. The highest BCUT2D eigenvalue weighted by atomic mass is 28.4. The Labute approximate surface area is 79.7 Å². The summed E-state index contributed by atoms with van der Waals surface area (Å²) in [6, 6.07) is 0.0280. The second-order valence-electron chi connectivity index (χ2n) is 2.74. The number of hydrogen-bond acceptors (Lipinski definition) is 6. The lowest BCUT2D eigenvalue weighted by atomic mass is 10.3. The first-order valence-electron chi connectivity index (χ1n) is 3.93. The Hall–Kier alpha value is -0.0231. The second kappa shape index (κ2) is 5.65. The molecule has 0 rings (SSSR count). The van der Waals surface area contributed by atoms with Gasteiger partial charge in [0.05, 0.1) is 6.17 Å². The molecule has 80 valence electrons. The van der Waals surface area contributed by atoms with Gasteiger partial charge in [-0.3, -0.25) is 0 Å². The van der Waals surface area contributed by atoms with Gasteiger partial charge in [-0.1, -0.05) is 0 Å². The van der Waals surface area contributed by atoms with Gasteiger partial charge in [-0.15, -0.1) is 0 Å². The van der Waals surface area contributed by atoms with Crippen molar-refractivity contribution >= 4 is 8.80 Å². The van der Waals surface area contributed by atoms with Gasteiger partial charge in [0.1, 0.15) is 0 Å². The summed E-state index contributed by atoms with van der Waals surface area (Å²) in [4.78, 5) is 0. The van der Waals surface area contributed by atoms with Crippen molar-refractivity contribution in [3.63, 3.8) is 0 Å². The third-order valence-corrected chi connectivity index (χ3v) is 4.75. The quantitative estimate of drug-likeness (QED) is 0.361. The first-order chi connectivity index (χ1) is 6.01. The molecule has 0 radical (unpaired) electrons. The van der Waals surface area contributed by atoms with Crippen LogP contribution in [0.3, 0.4) is 0 Å². The van der Waals surface area contributed by atoms with E-state index in [1.807, 2.05) is 0 Å². The van der Waals surface area contributed by atoms with Crippen LogP contribution in [0.4, 0.5) is 0 Å². The van der Waals surface area contributed by atoms with Crippen molar-refractivity contribution in [3.05, 3.63) is 0 Å². The molecule has 0 amide bonds. The second-order valence-corrected chi connectivity index (χ2v) is 5.74. The Morgan fingerprint density at radius 2 is 1.38 bits per heavy atom. The molecule has 0 aliphatic rings. The van der Waals surface area contributed by atoms with Crippen molar-refractivity contribution in [2.45, 2.75) is 18.3 Å². The molecule has 0 heterocycles.